The molecule has 0 saturated carbocycles. The molecule has 1 N–H and O–H groups in total. The molecule has 0 radical (unpaired) electrons. The number of ether oxygens (including phenoxy) is 3. The quantitative estimate of drug-likeness (QED) is 0.449. The maximum atomic E-state index is 12.4. The Labute approximate surface area is 143 Å². The van der Waals surface area contributed by atoms with Gasteiger partial charge in [0.05, 0.1) is 6.61 Å². The van der Waals surface area contributed by atoms with Crippen LogP contribution in [0.3, 0.4) is 0 Å². The highest BCUT2D eigenvalue weighted by atomic mass is 16.7. The maximum absolute atomic E-state index is 12.4. The zero-order chi connectivity index (χ0) is 17.2. The van der Waals surface area contributed by atoms with E-state index in [1.54, 1.807) is 18.2 Å². The molecule has 1 aromatic rings. The summed E-state index contributed by atoms with van der Waals surface area (Å²) in [5.74, 6) is 0.963. The van der Waals surface area contributed by atoms with E-state index in [-0.39, 0.29) is 18.7 Å². The SMILES string of the molecule is CCCCCCN=C(NC(=O)c1ccc2c(c1)OCO2)OCCC. The van der Waals surface area contributed by atoms with Crippen LogP contribution in [0.5, 0.6) is 11.5 Å². The van der Waals surface area contributed by atoms with Gasteiger partial charge >= 0.3 is 0 Å². The Morgan fingerprint density at radius 2 is 2.00 bits per heavy atom. The highest BCUT2D eigenvalue weighted by Gasteiger charge is 2.17. The zero-order valence-electron chi connectivity index (χ0n) is 14.5. The largest absolute Gasteiger partial charge is 0.465 e. The lowest BCUT2D eigenvalue weighted by atomic mass is 10.2. The molecule has 24 heavy (non-hydrogen) atoms. The molecule has 1 amide bonds. The van der Waals surface area contributed by atoms with Gasteiger partial charge in [-0.1, -0.05) is 33.1 Å². The highest BCUT2D eigenvalue weighted by molar-refractivity contribution is 6.04. The van der Waals surface area contributed by atoms with Crippen molar-refractivity contribution < 1.29 is 19.0 Å². The number of amides is 1. The smallest absolute Gasteiger partial charge is 0.291 e. The van der Waals surface area contributed by atoms with Gasteiger partial charge in [-0.05, 0) is 31.0 Å². The number of hydrogen-bond acceptors (Lipinski definition) is 5. The predicted molar refractivity (Wildman–Crippen MR) is 92.7 cm³/mol. The van der Waals surface area contributed by atoms with Crippen LogP contribution in [0.25, 0.3) is 0 Å². The fraction of sp³-hybridized carbons (Fsp3) is 0.556. The molecular formula is C18H26N2O4. The van der Waals surface area contributed by atoms with Gasteiger partial charge in [-0.2, -0.15) is 0 Å². The normalized spacial score (nSPS) is 13.0. The van der Waals surface area contributed by atoms with Crippen molar-refractivity contribution in [3.8, 4) is 11.5 Å². The van der Waals surface area contributed by atoms with Crippen LogP contribution in [0.4, 0.5) is 0 Å². The maximum Gasteiger partial charge on any atom is 0.291 e. The average Bonchev–Trinajstić information content (AvgIpc) is 3.06. The number of benzene rings is 1. The number of fused-ring (bicyclic) bond motifs is 1. The van der Waals surface area contributed by atoms with Crippen molar-refractivity contribution in [1.82, 2.24) is 5.32 Å². The Bertz CT molecular complexity index is 572. The van der Waals surface area contributed by atoms with Crippen LogP contribution in [0.15, 0.2) is 23.2 Å². The van der Waals surface area contributed by atoms with Gasteiger partial charge in [0.2, 0.25) is 6.79 Å². The van der Waals surface area contributed by atoms with Crippen LogP contribution in [0.1, 0.15) is 56.3 Å². The van der Waals surface area contributed by atoms with Crippen LogP contribution in [-0.2, 0) is 4.74 Å². The Hall–Kier alpha value is -2.24. The Kier molecular flexibility index (Phi) is 7.39. The zero-order valence-corrected chi connectivity index (χ0v) is 14.5. The summed E-state index contributed by atoms with van der Waals surface area (Å²) < 4.78 is 16.1. The number of unbranched alkanes of at least 4 members (excludes halogenated alkanes) is 3. The molecule has 2 rings (SSSR count). The Balaban J connectivity index is 1.94. The fourth-order valence-corrected chi connectivity index (χ4v) is 2.25. The van der Waals surface area contributed by atoms with Crippen LogP contribution < -0.4 is 14.8 Å². The van der Waals surface area contributed by atoms with Crippen molar-refractivity contribution in [2.24, 2.45) is 4.99 Å². The first-order valence-electron chi connectivity index (χ1n) is 8.62. The molecule has 1 heterocycles. The molecule has 0 saturated heterocycles. The second kappa shape index (κ2) is 9.80. The van der Waals surface area contributed by atoms with Gasteiger partial charge < -0.3 is 14.2 Å². The molecule has 0 aromatic heterocycles. The van der Waals surface area contributed by atoms with E-state index in [0.717, 1.165) is 19.3 Å². The molecule has 0 spiro atoms. The van der Waals surface area contributed by atoms with E-state index < -0.39 is 0 Å². The number of carbonyl (C=O) groups is 1. The van der Waals surface area contributed by atoms with Crippen molar-refractivity contribution in [3.05, 3.63) is 23.8 Å². The first-order valence-corrected chi connectivity index (χ1v) is 8.62. The molecule has 6 nitrogen and oxygen atoms in total. The number of carbonyl (C=O) groups excluding carboxylic acids is 1. The number of aliphatic imine (C=N–C) groups is 1. The summed E-state index contributed by atoms with van der Waals surface area (Å²) in [5.41, 5.74) is 0.484. The van der Waals surface area contributed by atoms with E-state index in [1.165, 1.54) is 12.8 Å². The molecule has 0 aliphatic carbocycles. The van der Waals surface area contributed by atoms with E-state index >= 15 is 0 Å². The minimum Gasteiger partial charge on any atom is -0.465 e. The van der Waals surface area contributed by atoms with Gasteiger partial charge in [0.15, 0.2) is 11.5 Å². The lowest BCUT2D eigenvalue weighted by Gasteiger charge is -2.10. The van der Waals surface area contributed by atoms with Crippen molar-refractivity contribution >= 4 is 11.9 Å². The number of amidine groups is 1. The Morgan fingerprint density at radius 3 is 2.79 bits per heavy atom. The first-order chi connectivity index (χ1) is 11.7. The summed E-state index contributed by atoms with van der Waals surface area (Å²) in [5, 5.41) is 2.74. The lowest BCUT2D eigenvalue weighted by Crippen LogP contribution is -2.33. The molecule has 1 aromatic carbocycles. The molecule has 0 unspecified atom stereocenters. The summed E-state index contributed by atoms with van der Waals surface area (Å²) >= 11 is 0. The number of hydrogen-bond donors (Lipinski definition) is 1. The first kappa shape index (κ1) is 18.1. The van der Waals surface area contributed by atoms with Crippen LogP contribution in [0.2, 0.25) is 0 Å². The van der Waals surface area contributed by atoms with Gasteiger partial charge in [-0.15, -0.1) is 0 Å². The summed E-state index contributed by atoms with van der Waals surface area (Å²) in [6.45, 7) is 5.54. The molecule has 6 heteroatoms. The van der Waals surface area contributed by atoms with Crippen molar-refractivity contribution in [2.75, 3.05) is 19.9 Å². The van der Waals surface area contributed by atoms with E-state index in [0.29, 0.717) is 30.2 Å². The number of nitrogens with one attached hydrogen (secondary N) is 1. The molecular weight excluding hydrogens is 308 g/mol. The second-order valence-corrected chi connectivity index (χ2v) is 5.62. The molecule has 0 fully saturated rings. The highest BCUT2D eigenvalue weighted by Crippen LogP contribution is 2.32. The average molecular weight is 334 g/mol. The second-order valence-electron chi connectivity index (χ2n) is 5.62. The monoisotopic (exact) mass is 334 g/mol. The lowest BCUT2D eigenvalue weighted by molar-refractivity contribution is 0.0965. The fourth-order valence-electron chi connectivity index (χ4n) is 2.25. The van der Waals surface area contributed by atoms with Crippen molar-refractivity contribution in [1.29, 1.82) is 0 Å². The van der Waals surface area contributed by atoms with Gasteiger partial charge in [0.25, 0.3) is 11.9 Å². The third kappa shape index (κ3) is 5.44. The summed E-state index contributed by atoms with van der Waals surface area (Å²) in [6.07, 6.45) is 5.37. The predicted octanol–water partition coefficient (Wildman–Crippen LogP) is 3.51. The third-order valence-electron chi connectivity index (χ3n) is 3.57. The molecule has 0 atom stereocenters. The number of nitrogens with zero attached hydrogens (tertiary/aromatic N) is 1. The van der Waals surface area contributed by atoms with Gasteiger partial charge in [0.1, 0.15) is 0 Å². The van der Waals surface area contributed by atoms with Crippen LogP contribution >= 0.6 is 0 Å². The van der Waals surface area contributed by atoms with Crippen molar-refractivity contribution in [2.45, 2.75) is 46.0 Å². The summed E-state index contributed by atoms with van der Waals surface area (Å²) in [6, 6.07) is 5.37. The third-order valence-corrected chi connectivity index (χ3v) is 3.57. The molecule has 132 valence electrons. The topological polar surface area (TPSA) is 69.2 Å². The number of rotatable bonds is 8. The van der Waals surface area contributed by atoms with Gasteiger partial charge in [0, 0.05) is 12.1 Å². The van der Waals surface area contributed by atoms with E-state index in [4.69, 9.17) is 14.2 Å². The van der Waals surface area contributed by atoms with Crippen molar-refractivity contribution in [3.63, 3.8) is 0 Å². The Morgan fingerprint density at radius 1 is 1.17 bits per heavy atom. The minimum absolute atomic E-state index is 0.185. The minimum atomic E-state index is -0.267. The molecule has 1 aliphatic rings. The summed E-state index contributed by atoms with van der Waals surface area (Å²) in [7, 11) is 0. The van der Waals surface area contributed by atoms with E-state index in [1.807, 2.05) is 6.92 Å². The summed E-state index contributed by atoms with van der Waals surface area (Å²) in [4.78, 5) is 16.8. The molecule has 1 aliphatic heterocycles. The van der Waals surface area contributed by atoms with Crippen LogP contribution in [0, 0.1) is 0 Å². The standard InChI is InChI=1S/C18H26N2O4/c1-3-5-6-7-10-19-18(22-11-4-2)20-17(21)14-8-9-15-16(12-14)24-13-23-15/h8-9,12H,3-7,10-11,13H2,1-2H3,(H,19,20,21). The van der Waals surface area contributed by atoms with Gasteiger partial charge in [-0.3, -0.25) is 10.1 Å². The van der Waals surface area contributed by atoms with Crippen LogP contribution in [-0.4, -0.2) is 31.9 Å². The molecule has 0 bridgehead atoms. The van der Waals surface area contributed by atoms with E-state index in [2.05, 4.69) is 17.2 Å². The van der Waals surface area contributed by atoms with Gasteiger partial charge in [-0.25, -0.2) is 4.99 Å². The van der Waals surface area contributed by atoms with E-state index in [9.17, 15) is 4.79 Å².